The van der Waals surface area contributed by atoms with E-state index in [2.05, 4.69) is 5.32 Å². The zero-order valence-electron chi connectivity index (χ0n) is 9.58. The zero-order valence-corrected chi connectivity index (χ0v) is 10.4. The van der Waals surface area contributed by atoms with E-state index in [0.717, 1.165) is 6.42 Å². The summed E-state index contributed by atoms with van der Waals surface area (Å²) in [6, 6.07) is 0. The summed E-state index contributed by atoms with van der Waals surface area (Å²) in [6.45, 7) is 4.62. The summed E-state index contributed by atoms with van der Waals surface area (Å²) in [5.41, 5.74) is 4.65. The lowest BCUT2D eigenvalue weighted by Gasteiger charge is -2.29. The Morgan fingerprint density at radius 2 is 2.19 bits per heavy atom. The predicted molar refractivity (Wildman–Crippen MR) is 64.8 cm³/mol. The van der Waals surface area contributed by atoms with Crippen LogP contribution in [0.4, 0.5) is 0 Å². The Balaban J connectivity index is 2.79. The van der Waals surface area contributed by atoms with Crippen LogP contribution in [0, 0.1) is 5.41 Å². The maximum absolute atomic E-state index is 12.1. The molecule has 5 nitrogen and oxygen atoms in total. The molecule has 0 spiro atoms. The monoisotopic (exact) mass is 243 g/mol. The fraction of sp³-hybridized carbons (Fsp3) is 0.700. The number of nitrogens with two attached hydrogens (primary N) is 1. The van der Waals surface area contributed by atoms with E-state index in [0.29, 0.717) is 13.1 Å². The minimum atomic E-state index is -0.889. The van der Waals surface area contributed by atoms with Gasteiger partial charge in [0, 0.05) is 13.1 Å². The van der Waals surface area contributed by atoms with Crippen LogP contribution in [0.2, 0.25) is 0 Å². The second kappa shape index (κ2) is 4.78. The van der Waals surface area contributed by atoms with Crippen molar-refractivity contribution in [2.24, 2.45) is 11.1 Å². The molecule has 0 aromatic carbocycles. The molecule has 0 saturated carbocycles. The van der Waals surface area contributed by atoms with Gasteiger partial charge in [-0.05, 0) is 20.3 Å². The summed E-state index contributed by atoms with van der Waals surface area (Å²) in [5.74, 6) is -0.318. The van der Waals surface area contributed by atoms with E-state index in [4.69, 9.17) is 18.0 Å². The maximum Gasteiger partial charge on any atom is 0.239 e. The Morgan fingerprint density at radius 3 is 2.75 bits per heavy atom. The number of amides is 2. The van der Waals surface area contributed by atoms with Gasteiger partial charge in [0.15, 0.2) is 0 Å². The van der Waals surface area contributed by atoms with Crippen molar-refractivity contribution in [3.8, 4) is 0 Å². The first-order valence-electron chi connectivity index (χ1n) is 5.21. The van der Waals surface area contributed by atoms with Crippen LogP contribution in [0.3, 0.4) is 0 Å². The van der Waals surface area contributed by atoms with E-state index in [1.165, 1.54) is 4.90 Å². The average molecular weight is 243 g/mol. The van der Waals surface area contributed by atoms with Crippen LogP contribution in [0.25, 0.3) is 0 Å². The minimum Gasteiger partial charge on any atom is -0.392 e. The van der Waals surface area contributed by atoms with Crippen LogP contribution < -0.4 is 11.1 Å². The molecule has 1 fully saturated rings. The second-order valence-electron chi connectivity index (χ2n) is 4.42. The van der Waals surface area contributed by atoms with E-state index in [-0.39, 0.29) is 23.3 Å². The van der Waals surface area contributed by atoms with Gasteiger partial charge < -0.3 is 16.0 Å². The van der Waals surface area contributed by atoms with Crippen LogP contribution in [0.1, 0.15) is 20.3 Å². The Kier molecular flexibility index (Phi) is 3.85. The quantitative estimate of drug-likeness (QED) is 0.650. The van der Waals surface area contributed by atoms with Gasteiger partial charge in [-0.3, -0.25) is 9.59 Å². The highest BCUT2D eigenvalue weighted by Gasteiger charge is 2.35. The molecule has 6 heteroatoms. The first-order chi connectivity index (χ1) is 7.35. The summed E-state index contributed by atoms with van der Waals surface area (Å²) in [6.07, 6.45) is 0.755. The van der Waals surface area contributed by atoms with Gasteiger partial charge >= 0.3 is 0 Å². The summed E-state index contributed by atoms with van der Waals surface area (Å²) in [7, 11) is 0. The molecule has 0 unspecified atom stereocenters. The Morgan fingerprint density at radius 1 is 1.56 bits per heavy atom. The van der Waals surface area contributed by atoms with Crippen molar-refractivity contribution in [3.05, 3.63) is 0 Å². The second-order valence-corrected chi connectivity index (χ2v) is 4.86. The van der Waals surface area contributed by atoms with Crippen molar-refractivity contribution in [1.82, 2.24) is 10.2 Å². The molecule has 1 aliphatic rings. The van der Waals surface area contributed by atoms with Crippen molar-refractivity contribution in [2.75, 3.05) is 19.6 Å². The SMILES string of the molecule is CC(C)(C(=O)N1CCCNC(=O)C1)C(N)=S. The molecule has 0 aliphatic carbocycles. The van der Waals surface area contributed by atoms with E-state index in [1.54, 1.807) is 13.8 Å². The molecule has 1 saturated heterocycles. The lowest BCUT2D eigenvalue weighted by atomic mass is 9.91. The third-order valence-electron chi connectivity index (χ3n) is 2.70. The fourth-order valence-corrected chi connectivity index (χ4v) is 1.57. The summed E-state index contributed by atoms with van der Waals surface area (Å²) >= 11 is 4.87. The van der Waals surface area contributed by atoms with Crippen LogP contribution in [-0.2, 0) is 9.59 Å². The molecule has 1 rings (SSSR count). The van der Waals surface area contributed by atoms with Crippen LogP contribution in [-0.4, -0.2) is 41.3 Å². The molecule has 1 heterocycles. The molecule has 2 amide bonds. The molecule has 0 bridgehead atoms. The predicted octanol–water partition coefficient (Wildman–Crippen LogP) is -0.353. The van der Waals surface area contributed by atoms with Crippen molar-refractivity contribution < 1.29 is 9.59 Å². The molecular weight excluding hydrogens is 226 g/mol. The largest absolute Gasteiger partial charge is 0.392 e. The molecule has 90 valence electrons. The van der Waals surface area contributed by atoms with Gasteiger partial charge in [-0.25, -0.2) is 0 Å². The van der Waals surface area contributed by atoms with Crippen LogP contribution >= 0.6 is 12.2 Å². The van der Waals surface area contributed by atoms with E-state index in [1.807, 2.05) is 0 Å². The molecular formula is C10H17N3O2S. The molecule has 0 aromatic heterocycles. The molecule has 0 atom stereocenters. The lowest BCUT2D eigenvalue weighted by molar-refractivity contribution is -0.139. The highest BCUT2D eigenvalue weighted by Crippen LogP contribution is 2.19. The van der Waals surface area contributed by atoms with Crippen molar-refractivity contribution in [1.29, 1.82) is 0 Å². The number of thiocarbonyl (C=S) groups is 1. The van der Waals surface area contributed by atoms with E-state index in [9.17, 15) is 9.59 Å². The summed E-state index contributed by atoms with van der Waals surface area (Å²) in [4.78, 5) is 25.1. The number of rotatable bonds is 2. The first-order valence-corrected chi connectivity index (χ1v) is 5.62. The zero-order chi connectivity index (χ0) is 12.3. The lowest BCUT2D eigenvalue weighted by Crippen LogP contribution is -2.49. The fourth-order valence-electron chi connectivity index (χ4n) is 1.48. The molecule has 3 N–H and O–H groups in total. The average Bonchev–Trinajstić information content (AvgIpc) is 2.41. The third-order valence-corrected chi connectivity index (χ3v) is 3.21. The number of nitrogens with zero attached hydrogens (tertiary/aromatic N) is 1. The number of hydrogen-bond donors (Lipinski definition) is 2. The van der Waals surface area contributed by atoms with Gasteiger partial charge in [0.05, 0.1) is 16.9 Å². The smallest absolute Gasteiger partial charge is 0.239 e. The standard InChI is InChI=1S/C10H17N3O2S/c1-10(2,8(11)16)9(15)13-5-3-4-12-7(14)6-13/h3-6H2,1-2H3,(H2,11,16)(H,12,14). The molecule has 0 radical (unpaired) electrons. The topological polar surface area (TPSA) is 75.4 Å². The van der Waals surface area contributed by atoms with E-state index >= 15 is 0 Å². The van der Waals surface area contributed by atoms with Gasteiger partial charge in [-0.2, -0.15) is 0 Å². The molecule has 0 aromatic rings. The van der Waals surface area contributed by atoms with Crippen molar-refractivity contribution in [2.45, 2.75) is 20.3 Å². The third kappa shape index (κ3) is 2.69. The van der Waals surface area contributed by atoms with Crippen molar-refractivity contribution >= 4 is 29.0 Å². The highest BCUT2D eigenvalue weighted by atomic mass is 32.1. The summed E-state index contributed by atoms with van der Waals surface area (Å²) in [5, 5.41) is 2.71. The number of carbonyl (C=O) groups is 2. The Labute approximate surface area is 100 Å². The summed E-state index contributed by atoms with van der Waals surface area (Å²) < 4.78 is 0. The van der Waals surface area contributed by atoms with Gasteiger partial charge in [0.2, 0.25) is 11.8 Å². The number of nitrogens with one attached hydrogen (secondary N) is 1. The molecule has 16 heavy (non-hydrogen) atoms. The maximum atomic E-state index is 12.1. The van der Waals surface area contributed by atoms with Gasteiger partial charge in [-0.15, -0.1) is 0 Å². The van der Waals surface area contributed by atoms with Gasteiger partial charge in [0.1, 0.15) is 0 Å². The normalized spacial score (nSPS) is 17.6. The minimum absolute atomic E-state index is 0.0882. The van der Waals surface area contributed by atoms with Crippen LogP contribution in [0.5, 0.6) is 0 Å². The Bertz CT molecular complexity index is 328. The van der Waals surface area contributed by atoms with Gasteiger partial charge in [0.25, 0.3) is 0 Å². The molecule has 1 aliphatic heterocycles. The van der Waals surface area contributed by atoms with Crippen molar-refractivity contribution in [3.63, 3.8) is 0 Å². The number of hydrogen-bond acceptors (Lipinski definition) is 3. The van der Waals surface area contributed by atoms with Crippen LogP contribution in [0.15, 0.2) is 0 Å². The number of carbonyl (C=O) groups excluding carboxylic acids is 2. The van der Waals surface area contributed by atoms with E-state index < -0.39 is 5.41 Å². The Hall–Kier alpha value is -1.17. The van der Waals surface area contributed by atoms with Gasteiger partial charge in [-0.1, -0.05) is 12.2 Å². The first kappa shape index (κ1) is 12.9. The highest BCUT2D eigenvalue weighted by molar-refractivity contribution is 7.80.